The number of benzene rings is 2. The zero-order valence-electron chi connectivity index (χ0n) is 18.1. The van der Waals surface area contributed by atoms with Crippen LogP contribution in [0.2, 0.25) is 10.0 Å². The molecule has 3 nitrogen and oxygen atoms in total. The lowest BCUT2D eigenvalue weighted by molar-refractivity contribution is 0.436. The SMILES string of the molecule is CCCc1cc(Oc2ccc(N3CCC(C)CC3)nc2)cc(-c2cc(Cl)cc(Cl)c2)c1. The normalized spacial score (nSPS) is 14.6. The zero-order valence-corrected chi connectivity index (χ0v) is 19.6. The summed E-state index contributed by atoms with van der Waals surface area (Å²) >= 11 is 12.5. The first-order valence-corrected chi connectivity index (χ1v) is 11.7. The van der Waals surface area contributed by atoms with Gasteiger partial charge in [0.2, 0.25) is 0 Å². The molecule has 0 aliphatic carbocycles. The minimum Gasteiger partial charge on any atom is -0.456 e. The van der Waals surface area contributed by atoms with Crippen LogP contribution in [-0.2, 0) is 6.42 Å². The number of pyridine rings is 1. The van der Waals surface area contributed by atoms with Crippen LogP contribution in [0, 0.1) is 5.92 Å². The molecule has 4 rings (SSSR count). The Morgan fingerprint density at radius 2 is 1.65 bits per heavy atom. The molecule has 0 atom stereocenters. The average molecular weight is 455 g/mol. The van der Waals surface area contributed by atoms with Gasteiger partial charge in [-0.3, -0.25) is 0 Å². The molecular formula is C26H28Cl2N2O. The van der Waals surface area contributed by atoms with Gasteiger partial charge in [-0.2, -0.15) is 0 Å². The van der Waals surface area contributed by atoms with Crippen LogP contribution in [0.4, 0.5) is 5.82 Å². The molecule has 0 saturated carbocycles. The van der Waals surface area contributed by atoms with Gasteiger partial charge in [0.1, 0.15) is 17.3 Å². The third-order valence-electron chi connectivity index (χ3n) is 5.76. The number of piperidine rings is 1. The summed E-state index contributed by atoms with van der Waals surface area (Å²) in [7, 11) is 0. The topological polar surface area (TPSA) is 25.4 Å². The standard InChI is InChI=1S/C26H28Cl2N2O/c1-3-4-19-11-20(21-13-22(27)16-23(28)14-21)15-25(12-19)31-24-5-6-26(29-17-24)30-9-7-18(2)8-10-30/h5-6,11-18H,3-4,7-10H2,1-2H3. The lowest BCUT2D eigenvalue weighted by Gasteiger charge is -2.31. The molecule has 0 bridgehead atoms. The van der Waals surface area contributed by atoms with Crippen molar-refractivity contribution in [2.45, 2.75) is 39.5 Å². The van der Waals surface area contributed by atoms with Crippen molar-refractivity contribution in [1.82, 2.24) is 4.98 Å². The van der Waals surface area contributed by atoms with E-state index in [0.29, 0.717) is 10.0 Å². The fourth-order valence-corrected chi connectivity index (χ4v) is 4.56. The van der Waals surface area contributed by atoms with Crippen LogP contribution in [0.5, 0.6) is 11.5 Å². The first-order valence-electron chi connectivity index (χ1n) is 11.0. The Hall–Kier alpha value is -2.23. The Morgan fingerprint density at radius 3 is 2.29 bits per heavy atom. The Labute approximate surface area is 195 Å². The predicted molar refractivity (Wildman–Crippen MR) is 131 cm³/mol. The summed E-state index contributed by atoms with van der Waals surface area (Å²) in [6.45, 7) is 6.63. The number of rotatable bonds is 6. The molecule has 1 aromatic heterocycles. The monoisotopic (exact) mass is 454 g/mol. The number of ether oxygens (including phenoxy) is 1. The van der Waals surface area contributed by atoms with E-state index in [9.17, 15) is 0 Å². The summed E-state index contributed by atoms with van der Waals surface area (Å²) in [5.74, 6) is 3.35. The molecule has 2 heterocycles. The molecule has 0 unspecified atom stereocenters. The summed E-state index contributed by atoms with van der Waals surface area (Å²) in [6.07, 6.45) is 6.30. The van der Waals surface area contributed by atoms with Gasteiger partial charge in [-0.15, -0.1) is 0 Å². The van der Waals surface area contributed by atoms with Crippen molar-refractivity contribution in [3.8, 4) is 22.6 Å². The fourth-order valence-electron chi connectivity index (χ4n) is 4.03. The molecule has 1 aliphatic heterocycles. The summed E-state index contributed by atoms with van der Waals surface area (Å²) < 4.78 is 6.20. The number of hydrogen-bond acceptors (Lipinski definition) is 3. The quantitative estimate of drug-likeness (QED) is 0.376. The first-order chi connectivity index (χ1) is 15.0. The zero-order chi connectivity index (χ0) is 21.8. The van der Waals surface area contributed by atoms with Gasteiger partial charge in [-0.05, 0) is 84.3 Å². The predicted octanol–water partition coefficient (Wildman–Crippen LogP) is 8.04. The van der Waals surface area contributed by atoms with Gasteiger partial charge < -0.3 is 9.64 Å². The third kappa shape index (κ3) is 5.72. The Bertz CT molecular complexity index is 1010. The molecule has 3 aromatic rings. The summed E-state index contributed by atoms with van der Waals surface area (Å²) in [4.78, 5) is 7.01. The second kappa shape index (κ2) is 9.93. The molecule has 1 aliphatic rings. The van der Waals surface area contributed by atoms with Crippen molar-refractivity contribution in [2.75, 3.05) is 18.0 Å². The first kappa shape index (κ1) is 22.0. The van der Waals surface area contributed by atoms with Crippen LogP contribution in [0.1, 0.15) is 38.7 Å². The van der Waals surface area contributed by atoms with E-state index in [-0.39, 0.29) is 0 Å². The molecule has 162 valence electrons. The van der Waals surface area contributed by atoms with Crippen molar-refractivity contribution < 1.29 is 4.74 Å². The maximum absolute atomic E-state index is 6.23. The molecule has 1 saturated heterocycles. The van der Waals surface area contributed by atoms with Crippen LogP contribution >= 0.6 is 23.2 Å². The van der Waals surface area contributed by atoms with Gasteiger partial charge in [0, 0.05) is 23.1 Å². The maximum Gasteiger partial charge on any atom is 0.145 e. The summed E-state index contributed by atoms with van der Waals surface area (Å²) in [5, 5.41) is 1.25. The summed E-state index contributed by atoms with van der Waals surface area (Å²) in [5.41, 5.74) is 3.24. The van der Waals surface area contributed by atoms with Crippen molar-refractivity contribution >= 4 is 29.0 Å². The van der Waals surface area contributed by atoms with Crippen molar-refractivity contribution in [2.24, 2.45) is 5.92 Å². The van der Waals surface area contributed by atoms with Crippen LogP contribution in [0.3, 0.4) is 0 Å². The smallest absolute Gasteiger partial charge is 0.145 e. The van der Waals surface area contributed by atoms with E-state index < -0.39 is 0 Å². The minimum absolute atomic E-state index is 0.623. The third-order valence-corrected chi connectivity index (χ3v) is 6.20. The minimum atomic E-state index is 0.623. The number of aromatic nitrogens is 1. The van der Waals surface area contributed by atoms with Crippen LogP contribution in [0.25, 0.3) is 11.1 Å². The van der Waals surface area contributed by atoms with E-state index in [1.807, 2.05) is 30.5 Å². The van der Waals surface area contributed by atoms with Crippen LogP contribution < -0.4 is 9.64 Å². The Morgan fingerprint density at radius 1 is 0.935 bits per heavy atom. The van der Waals surface area contributed by atoms with Crippen LogP contribution in [0.15, 0.2) is 54.7 Å². The van der Waals surface area contributed by atoms with Crippen molar-refractivity contribution in [3.05, 3.63) is 70.3 Å². The molecule has 5 heteroatoms. The van der Waals surface area contributed by atoms with E-state index in [2.05, 4.69) is 41.9 Å². The van der Waals surface area contributed by atoms with E-state index in [1.54, 1.807) is 6.07 Å². The second-order valence-electron chi connectivity index (χ2n) is 8.40. The van der Waals surface area contributed by atoms with Crippen molar-refractivity contribution in [3.63, 3.8) is 0 Å². The van der Waals surface area contributed by atoms with Gasteiger partial charge >= 0.3 is 0 Å². The molecule has 1 fully saturated rings. The van der Waals surface area contributed by atoms with Crippen molar-refractivity contribution in [1.29, 1.82) is 0 Å². The largest absolute Gasteiger partial charge is 0.456 e. The highest BCUT2D eigenvalue weighted by atomic mass is 35.5. The van der Waals surface area contributed by atoms with Crippen LogP contribution in [-0.4, -0.2) is 18.1 Å². The second-order valence-corrected chi connectivity index (χ2v) is 9.27. The maximum atomic E-state index is 6.23. The molecule has 31 heavy (non-hydrogen) atoms. The highest BCUT2D eigenvalue weighted by Crippen LogP contribution is 2.33. The lowest BCUT2D eigenvalue weighted by atomic mass is 9.99. The molecular weight excluding hydrogens is 427 g/mol. The lowest BCUT2D eigenvalue weighted by Crippen LogP contribution is -2.33. The molecule has 0 radical (unpaired) electrons. The molecule has 0 amide bonds. The number of halogens is 2. The van der Waals surface area contributed by atoms with E-state index in [0.717, 1.165) is 60.3 Å². The molecule has 0 spiro atoms. The number of aryl methyl sites for hydroxylation is 1. The number of anilines is 1. The summed E-state index contributed by atoms with van der Waals surface area (Å²) in [6, 6.07) is 16.0. The fraction of sp³-hybridized carbons (Fsp3) is 0.346. The highest BCUT2D eigenvalue weighted by Gasteiger charge is 2.17. The van der Waals surface area contributed by atoms with Gasteiger partial charge in [0.25, 0.3) is 0 Å². The number of nitrogens with zero attached hydrogens (tertiary/aromatic N) is 2. The Balaban J connectivity index is 1.56. The Kier molecular flexibility index (Phi) is 7.04. The van der Waals surface area contributed by atoms with Gasteiger partial charge in [0.05, 0.1) is 6.20 Å². The average Bonchev–Trinajstić information content (AvgIpc) is 2.74. The van der Waals surface area contributed by atoms with Gasteiger partial charge in [-0.1, -0.05) is 49.5 Å². The highest BCUT2D eigenvalue weighted by molar-refractivity contribution is 6.35. The van der Waals surface area contributed by atoms with E-state index in [4.69, 9.17) is 27.9 Å². The van der Waals surface area contributed by atoms with E-state index in [1.165, 1.54) is 18.4 Å². The number of hydrogen-bond donors (Lipinski definition) is 0. The molecule has 0 N–H and O–H groups in total. The van der Waals surface area contributed by atoms with Gasteiger partial charge in [0.15, 0.2) is 0 Å². The molecule has 2 aromatic carbocycles. The van der Waals surface area contributed by atoms with Gasteiger partial charge in [-0.25, -0.2) is 4.98 Å². The van der Waals surface area contributed by atoms with E-state index >= 15 is 0 Å².